The van der Waals surface area contributed by atoms with Crippen molar-refractivity contribution in [2.24, 2.45) is 0 Å². The fourth-order valence-corrected chi connectivity index (χ4v) is 1.84. The number of phenolic OH excluding ortho intramolecular Hbond substituents is 2. The highest BCUT2D eigenvalue weighted by Crippen LogP contribution is 2.24. The molecule has 23 heavy (non-hydrogen) atoms. The molecular formula is C14H21NO8. The largest absolute Gasteiger partial charge is 0.504 e. The fourth-order valence-electron chi connectivity index (χ4n) is 1.84. The van der Waals surface area contributed by atoms with Gasteiger partial charge in [0, 0.05) is 6.54 Å². The van der Waals surface area contributed by atoms with Crippen LogP contribution >= 0.6 is 0 Å². The van der Waals surface area contributed by atoms with Crippen LogP contribution in [0.1, 0.15) is 5.56 Å². The number of aliphatic hydroxyl groups is 5. The molecule has 0 aliphatic rings. The van der Waals surface area contributed by atoms with Gasteiger partial charge in [-0.3, -0.25) is 4.79 Å². The third kappa shape index (κ3) is 5.34. The third-order valence-electron chi connectivity index (χ3n) is 3.28. The fraction of sp³-hybridized carbons (Fsp3) is 0.500. The summed E-state index contributed by atoms with van der Waals surface area (Å²) in [4.78, 5) is 11.6. The number of nitrogens with one attached hydrogen (secondary N) is 1. The molecular weight excluding hydrogens is 310 g/mol. The van der Waals surface area contributed by atoms with E-state index in [1.165, 1.54) is 18.2 Å². The summed E-state index contributed by atoms with van der Waals surface area (Å²) >= 11 is 0. The Labute approximate surface area is 132 Å². The molecule has 0 aromatic heterocycles. The van der Waals surface area contributed by atoms with Crippen molar-refractivity contribution >= 4 is 5.91 Å². The van der Waals surface area contributed by atoms with E-state index in [0.29, 0.717) is 5.56 Å². The van der Waals surface area contributed by atoms with Gasteiger partial charge in [-0.1, -0.05) is 6.07 Å². The maximum absolute atomic E-state index is 11.6. The van der Waals surface area contributed by atoms with Crippen molar-refractivity contribution < 1.29 is 40.5 Å². The Hall–Kier alpha value is -1.91. The Bertz CT molecular complexity index is 523. The Morgan fingerprint density at radius 3 is 2.26 bits per heavy atom. The standard InChI is InChI=1S/C14H21NO8/c16-6-10(19)11(20)12(21)13(22)14(23)15-4-3-7-1-2-8(17)9(18)5-7/h1-2,5,10-13,16-22H,3-4,6H2,(H,15,23)/t10-,11+,12-,13-/m1/s1. The number of hydrogen-bond acceptors (Lipinski definition) is 8. The molecule has 0 saturated carbocycles. The molecule has 0 saturated heterocycles. The first kappa shape index (κ1) is 19.1. The molecule has 0 bridgehead atoms. The molecule has 0 radical (unpaired) electrons. The molecule has 130 valence electrons. The number of hydrogen-bond donors (Lipinski definition) is 8. The molecule has 8 N–H and O–H groups in total. The summed E-state index contributed by atoms with van der Waals surface area (Å²) in [6.07, 6.45) is -7.24. The molecule has 0 fully saturated rings. The number of rotatable bonds is 8. The summed E-state index contributed by atoms with van der Waals surface area (Å²) in [5.41, 5.74) is 0.617. The molecule has 1 rings (SSSR count). The minimum absolute atomic E-state index is 0.0610. The minimum atomic E-state index is -1.99. The number of carbonyl (C=O) groups is 1. The van der Waals surface area contributed by atoms with Gasteiger partial charge >= 0.3 is 0 Å². The van der Waals surface area contributed by atoms with Gasteiger partial charge < -0.3 is 41.1 Å². The summed E-state index contributed by atoms with van der Waals surface area (Å²) < 4.78 is 0. The van der Waals surface area contributed by atoms with E-state index in [-0.39, 0.29) is 24.5 Å². The molecule has 0 heterocycles. The second-order valence-corrected chi connectivity index (χ2v) is 5.04. The second-order valence-electron chi connectivity index (χ2n) is 5.04. The van der Waals surface area contributed by atoms with E-state index < -0.39 is 36.9 Å². The van der Waals surface area contributed by atoms with E-state index >= 15 is 0 Å². The smallest absolute Gasteiger partial charge is 0.251 e. The van der Waals surface area contributed by atoms with Crippen LogP contribution in [0.15, 0.2) is 18.2 Å². The number of aromatic hydroxyl groups is 2. The quantitative estimate of drug-likeness (QED) is 0.236. The Balaban J connectivity index is 2.47. The summed E-state index contributed by atoms with van der Waals surface area (Å²) in [6.45, 7) is -0.775. The van der Waals surface area contributed by atoms with E-state index in [2.05, 4.69) is 5.32 Å². The predicted octanol–water partition coefficient (Wildman–Crippen LogP) is -2.81. The van der Waals surface area contributed by atoms with Gasteiger partial charge in [0.05, 0.1) is 6.61 Å². The van der Waals surface area contributed by atoms with Crippen molar-refractivity contribution in [2.45, 2.75) is 30.8 Å². The van der Waals surface area contributed by atoms with Gasteiger partial charge in [0.25, 0.3) is 5.91 Å². The molecule has 1 amide bonds. The summed E-state index contributed by atoms with van der Waals surface area (Å²) in [5.74, 6) is -1.54. The highest BCUT2D eigenvalue weighted by atomic mass is 16.4. The van der Waals surface area contributed by atoms with Gasteiger partial charge in [0.2, 0.25) is 0 Å². The summed E-state index contributed by atoms with van der Waals surface area (Å²) in [6, 6.07) is 4.14. The zero-order chi connectivity index (χ0) is 17.6. The van der Waals surface area contributed by atoms with Crippen LogP contribution in [-0.4, -0.2) is 79.2 Å². The first-order chi connectivity index (χ1) is 10.8. The van der Waals surface area contributed by atoms with Crippen LogP contribution in [0.3, 0.4) is 0 Å². The van der Waals surface area contributed by atoms with Crippen LogP contribution in [0.4, 0.5) is 0 Å². The highest BCUT2D eigenvalue weighted by molar-refractivity contribution is 5.81. The maximum atomic E-state index is 11.6. The number of carbonyl (C=O) groups excluding carboxylic acids is 1. The summed E-state index contributed by atoms with van der Waals surface area (Å²) in [5, 5.41) is 67.1. The molecule has 9 nitrogen and oxygen atoms in total. The van der Waals surface area contributed by atoms with Crippen molar-refractivity contribution in [1.29, 1.82) is 0 Å². The van der Waals surface area contributed by atoms with Crippen LogP contribution < -0.4 is 5.32 Å². The molecule has 4 atom stereocenters. The SMILES string of the molecule is O=C(NCCc1ccc(O)c(O)c1)[C@H](O)[C@H](O)[C@@H](O)[C@H](O)CO. The van der Waals surface area contributed by atoms with Gasteiger partial charge in [-0.2, -0.15) is 0 Å². The molecule has 0 spiro atoms. The number of phenols is 2. The first-order valence-electron chi connectivity index (χ1n) is 6.89. The predicted molar refractivity (Wildman–Crippen MR) is 77.6 cm³/mol. The lowest BCUT2D eigenvalue weighted by atomic mass is 10.0. The van der Waals surface area contributed by atoms with Crippen molar-refractivity contribution in [2.75, 3.05) is 13.2 Å². The topological polar surface area (TPSA) is 171 Å². The van der Waals surface area contributed by atoms with E-state index in [9.17, 15) is 25.2 Å². The number of aliphatic hydroxyl groups excluding tert-OH is 5. The lowest BCUT2D eigenvalue weighted by Crippen LogP contribution is -2.51. The maximum Gasteiger partial charge on any atom is 0.251 e. The molecule has 0 aliphatic heterocycles. The van der Waals surface area contributed by atoms with Crippen LogP contribution in [0, 0.1) is 0 Å². The molecule has 9 heteroatoms. The van der Waals surface area contributed by atoms with E-state index in [1.807, 2.05) is 0 Å². The molecule has 1 aromatic carbocycles. The highest BCUT2D eigenvalue weighted by Gasteiger charge is 2.33. The monoisotopic (exact) mass is 331 g/mol. The zero-order valence-corrected chi connectivity index (χ0v) is 12.2. The Morgan fingerprint density at radius 1 is 1.04 bits per heavy atom. The average molecular weight is 331 g/mol. The minimum Gasteiger partial charge on any atom is -0.504 e. The Kier molecular flexibility index (Phi) is 7.20. The van der Waals surface area contributed by atoms with Gasteiger partial charge in [-0.15, -0.1) is 0 Å². The second kappa shape index (κ2) is 8.65. The van der Waals surface area contributed by atoms with Crippen LogP contribution in [0.2, 0.25) is 0 Å². The molecule has 0 aliphatic carbocycles. The lowest BCUT2D eigenvalue weighted by Gasteiger charge is -2.24. The summed E-state index contributed by atoms with van der Waals surface area (Å²) in [7, 11) is 0. The Morgan fingerprint density at radius 2 is 1.70 bits per heavy atom. The molecule has 0 unspecified atom stereocenters. The van der Waals surface area contributed by atoms with E-state index in [0.717, 1.165) is 0 Å². The van der Waals surface area contributed by atoms with Crippen LogP contribution in [0.5, 0.6) is 11.5 Å². The molecule has 1 aromatic rings. The van der Waals surface area contributed by atoms with Crippen molar-refractivity contribution in [3.8, 4) is 11.5 Å². The third-order valence-corrected chi connectivity index (χ3v) is 3.28. The van der Waals surface area contributed by atoms with Crippen molar-refractivity contribution in [1.82, 2.24) is 5.32 Å². The van der Waals surface area contributed by atoms with E-state index in [1.54, 1.807) is 0 Å². The van der Waals surface area contributed by atoms with Crippen molar-refractivity contribution in [3.05, 3.63) is 23.8 Å². The van der Waals surface area contributed by atoms with Crippen molar-refractivity contribution in [3.63, 3.8) is 0 Å². The van der Waals surface area contributed by atoms with Crippen LogP contribution in [-0.2, 0) is 11.2 Å². The van der Waals surface area contributed by atoms with E-state index in [4.69, 9.17) is 15.3 Å². The first-order valence-corrected chi connectivity index (χ1v) is 6.89. The zero-order valence-electron chi connectivity index (χ0n) is 12.2. The normalized spacial score (nSPS) is 16.4. The van der Waals surface area contributed by atoms with Gasteiger partial charge in [0.1, 0.15) is 18.3 Å². The number of benzene rings is 1. The van der Waals surface area contributed by atoms with Gasteiger partial charge in [-0.05, 0) is 24.1 Å². The lowest BCUT2D eigenvalue weighted by molar-refractivity contribution is -0.148. The van der Waals surface area contributed by atoms with Crippen LogP contribution in [0.25, 0.3) is 0 Å². The van der Waals surface area contributed by atoms with Gasteiger partial charge in [0.15, 0.2) is 17.6 Å². The average Bonchev–Trinajstić information content (AvgIpc) is 2.55. The number of amides is 1. The van der Waals surface area contributed by atoms with Gasteiger partial charge in [-0.25, -0.2) is 0 Å².